The van der Waals surface area contributed by atoms with Crippen molar-refractivity contribution in [3.05, 3.63) is 29.8 Å². The highest BCUT2D eigenvalue weighted by atomic mass is 32.1. The Morgan fingerprint density at radius 1 is 1.37 bits per heavy atom. The molecule has 0 bridgehead atoms. The number of hydrogen-bond donors (Lipinski definition) is 2. The van der Waals surface area contributed by atoms with Crippen LogP contribution in [0.4, 0.5) is 10.5 Å². The van der Waals surface area contributed by atoms with Crippen molar-refractivity contribution < 1.29 is 4.79 Å². The van der Waals surface area contributed by atoms with Crippen LogP contribution in [0, 0.1) is 5.92 Å². The summed E-state index contributed by atoms with van der Waals surface area (Å²) in [5, 5.41) is 2.90. The van der Waals surface area contributed by atoms with Crippen LogP contribution in [0.15, 0.2) is 24.3 Å². The summed E-state index contributed by atoms with van der Waals surface area (Å²) in [6.07, 6.45) is 2.12. The Hall–Kier alpha value is -1.62. The highest BCUT2D eigenvalue weighted by Gasteiger charge is 2.20. The zero-order valence-corrected chi connectivity index (χ0v) is 11.9. The first-order valence-electron chi connectivity index (χ1n) is 6.52. The number of nitrogens with one attached hydrogen (secondary N) is 1. The van der Waals surface area contributed by atoms with E-state index in [1.807, 2.05) is 29.2 Å². The number of thiocarbonyl (C=S) groups is 1. The second kappa shape index (κ2) is 6.02. The van der Waals surface area contributed by atoms with Crippen LogP contribution in [-0.4, -0.2) is 29.0 Å². The Kier molecular flexibility index (Phi) is 4.37. The van der Waals surface area contributed by atoms with Crippen LogP contribution in [0.2, 0.25) is 0 Å². The maximum Gasteiger partial charge on any atom is 0.321 e. The summed E-state index contributed by atoms with van der Waals surface area (Å²) in [6.45, 7) is 3.84. The van der Waals surface area contributed by atoms with Gasteiger partial charge in [-0.2, -0.15) is 0 Å². The van der Waals surface area contributed by atoms with Crippen molar-refractivity contribution in [3.63, 3.8) is 0 Å². The van der Waals surface area contributed by atoms with Gasteiger partial charge in [-0.15, -0.1) is 0 Å². The Morgan fingerprint density at radius 2 is 2.00 bits per heavy atom. The fourth-order valence-corrected chi connectivity index (χ4v) is 2.39. The first-order chi connectivity index (χ1) is 9.08. The first-order valence-corrected chi connectivity index (χ1v) is 6.93. The number of anilines is 1. The smallest absolute Gasteiger partial charge is 0.321 e. The lowest BCUT2D eigenvalue weighted by Gasteiger charge is -2.30. The van der Waals surface area contributed by atoms with Gasteiger partial charge in [0.05, 0.1) is 5.69 Å². The SMILES string of the molecule is CC1CCN(C(=O)Nc2ccccc2C(N)=S)CC1. The molecule has 1 aliphatic heterocycles. The maximum absolute atomic E-state index is 12.2. The van der Waals surface area contributed by atoms with Crippen molar-refractivity contribution in [2.75, 3.05) is 18.4 Å². The van der Waals surface area contributed by atoms with Crippen LogP contribution < -0.4 is 11.1 Å². The molecule has 0 saturated carbocycles. The molecule has 1 saturated heterocycles. The standard InChI is InChI=1S/C14H19N3OS/c1-10-6-8-17(9-7-10)14(18)16-12-5-3-2-4-11(12)13(15)19/h2-5,10H,6-9H2,1H3,(H2,15,19)(H,16,18). The van der Waals surface area contributed by atoms with Gasteiger partial charge >= 0.3 is 6.03 Å². The third kappa shape index (κ3) is 3.44. The minimum Gasteiger partial charge on any atom is -0.389 e. The number of urea groups is 1. The van der Waals surface area contributed by atoms with Gasteiger partial charge in [0, 0.05) is 18.7 Å². The maximum atomic E-state index is 12.2. The zero-order valence-electron chi connectivity index (χ0n) is 11.1. The van der Waals surface area contributed by atoms with Gasteiger partial charge in [-0.3, -0.25) is 0 Å². The molecule has 0 spiro atoms. The van der Waals surface area contributed by atoms with Crippen molar-refractivity contribution in [1.82, 2.24) is 4.90 Å². The van der Waals surface area contributed by atoms with Crippen LogP contribution in [0.1, 0.15) is 25.3 Å². The molecule has 4 nitrogen and oxygen atoms in total. The Morgan fingerprint density at radius 3 is 2.63 bits per heavy atom. The molecule has 102 valence electrons. The van der Waals surface area contributed by atoms with E-state index in [1.165, 1.54) is 0 Å². The van der Waals surface area contributed by atoms with Gasteiger partial charge in [0.1, 0.15) is 4.99 Å². The summed E-state index contributed by atoms with van der Waals surface area (Å²) in [7, 11) is 0. The quantitative estimate of drug-likeness (QED) is 0.817. The summed E-state index contributed by atoms with van der Waals surface area (Å²) < 4.78 is 0. The number of nitrogens with zero attached hydrogens (tertiary/aromatic N) is 1. The molecule has 2 amide bonds. The molecule has 0 atom stereocenters. The topological polar surface area (TPSA) is 58.4 Å². The molecule has 3 N–H and O–H groups in total. The van der Waals surface area contributed by atoms with Gasteiger partial charge in [-0.1, -0.05) is 31.3 Å². The molecule has 5 heteroatoms. The molecule has 1 aliphatic rings. The summed E-state index contributed by atoms with van der Waals surface area (Å²) in [4.78, 5) is 14.3. The van der Waals surface area contributed by atoms with Gasteiger partial charge in [0.25, 0.3) is 0 Å². The minimum atomic E-state index is -0.0735. The lowest BCUT2D eigenvalue weighted by molar-refractivity contribution is 0.186. The van der Waals surface area contributed by atoms with E-state index >= 15 is 0 Å². The Balaban J connectivity index is 2.05. The Labute approximate surface area is 119 Å². The van der Waals surface area contributed by atoms with E-state index in [-0.39, 0.29) is 6.03 Å². The number of benzene rings is 1. The molecule has 1 heterocycles. The van der Waals surface area contributed by atoms with Crippen LogP contribution in [0.3, 0.4) is 0 Å². The largest absolute Gasteiger partial charge is 0.389 e. The number of likely N-dealkylation sites (tertiary alicyclic amines) is 1. The molecule has 1 aromatic rings. The molecular formula is C14H19N3OS. The van der Waals surface area contributed by atoms with Gasteiger partial charge < -0.3 is 16.0 Å². The van der Waals surface area contributed by atoms with E-state index < -0.39 is 0 Å². The Bertz CT molecular complexity index is 481. The predicted octanol–water partition coefficient (Wildman–Crippen LogP) is 2.58. The van der Waals surface area contributed by atoms with Crippen molar-refractivity contribution in [1.29, 1.82) is 0 Å². The molecule has 1 fully saturated rings. The molecule has 0 aliphatic carbocycles. The van der Waals surface area contributed by atoms with Crippen LogP contribution in [0.5, 0.6) is 0 Å². The molecular weight excluding hydrogens is 258 g/mol. The average molecular weight is 277 g/mol. The van der Waals surface area contributed by atoms with Crippen LogP contribution in [-0.2, 0) is 0 Å². The predicted molar refractivity (Wildman–Crippen MR) is 81.3 cm³/mol. The van der Waals surface area contributed by atoms with E-state index in [0.717, 1.165) is 25.9 Å². The van der Waals surface area contributed by atoms with Gasteiger partial charge in [0.15, 0.2) is 0 Å². The third-order valence-corrected chi connectivity index (χ3v) is 3.72. The van der Waals surface area contributed by atoms with Crippen molar-refractivity contribution in [2.45, 2.75) is 19.8 Å². The van der Waals surface area contributed by atoms with E-state index in [0.29, 0.717) is 22.2 Å². The average Bonchev–Trinajstić information content (AvgIpc) is 2.39. The van der Waals surface area contributed by atoms with E-state index in [1.54, 1.807) is 0 Å². The number of para-hydroxylation sites is 1. The number of carbonyl (C=O) groups is 1. The minimum absolute atomic E-state index is 0.0735. The molecule has 2 rings (SSSR count). The van der Waals surface area contributed by atoms with E-state index in [4.69, 9.17) is 18.0 Å². The van der Waals surface area contributed by atoms with Gasteiger partial charge in [-0.05, 0) is 30.9 Å². The number of amides is 2. The van der Waals surface area contributed by atoms with E-state index in [2.05, 4.69) is 12.2 Å². The molecule has 19 heavy (non-hydrogen) atoms. The van der Waals surface area contributed by atoms with Gasteiger partial charge in [0.2, 0.25) is 0 Å². The summed E-state index contributed by atoms with van der Waals surface area (Å²) in [5.74, 6) is 0.702. The summed E-state index contributed by atoms with van der Waals surface area (Å²) in [6, 6.07) is 7.27. The van der Waals surface area contributed by atoms with Crippen molar-refractivity contribution >= 4 is 28.9 Å². The lowest BCUT2D eigenvalue weighted by atomic mass is 10.00. The van der Waals surface area contributed by atoms with Crippen LogP contribution in [0.25, 0.3) is 0 Å². The third-order valence-electron chi connectivity index (χ3n) is 3.50. The number of hydrogen-bond acceptors (Lipinski definition) is 2. The number of carbonyl (C=O) groups excluding carboxylic acids is 1. The summed E-state index contributed by atoms with van der Waals surface area (Å²) >= 11 is 4.99. The normalized spacial score (nSPS) is 16.2. The number of nitrogens with two attached hydrogens (primary N) is 1. The molecule has 0 aromatic heterocycles. The number of rotatable bonds is 2. The molecule has 1 aromatic carbocycles. The summed E-state index contributed by atoms with van der Waals surface area (Å²) in [5.41, 5.74) is 7.04. The lowest BCUT2D eigenvalue weighted by Crippen LogP contribution is -2.40. The highest BCUT2D eigenvalue weighted by molar-refractivity contribution is 7.80. The highest BCUT2D eigenvalue weighted by Crippen LogP contribution is 2.19. The second-order valence-corrected chi connectivity index (χ2v) is 5.45. The van der Waals surface area contributed by atoms with Crippen LogP contribution >= 0.6 is 12.2 Å². The number of piperidine rings is 1. The van der Waals surface area contributed by atoms with E-state index in [9.17, 15) is 4.79 Å². The molecule has 0 radical (unpaired) electrons. The fraction of sp³-hybridized carbons (Fsp3) is 0.429. The zero-order chi connectivity index (χ0) is 13.8. The fourth-order valence-electron chi connectivity index (χ4n) is 2.21. The van der Waals surface area contributed by atoms with Crippen molar-refractivity contribution in [3.8, 4) is 0 Å². The monoisotopic (exact) mass is 277 g/mol. The van der Waals surface area contributed by atoms with Crippen molar-refractivity contribution in [2.24, 2.45) is 11.7 Å². The first kappa shape index (κ1) is 13.8. The second-order valence-electron chi connectivity index (χ2n) is 5.01. The van der Waals surface area contributed by atoms with Gasteiger partial charge in [-0.25, -0.2) is 4.79 Å². The molecule has 0 unspecified atom stereocenters.